The average molecular weight is 451 g/mol. The second-order valence-corrected chi connectivity index (χ2v) is 9.53. The Hall–Kier alpha value is -3.86. The molecule has 1 saturated carbocycles. The number of anilines is 1. The second kappa shape index (κ2) is 7.87. The van der Waals surface area contributed by atoms with Gasteiger partial charge in [-0.05, 0) is 60.4 Å². The van der Waals surface area contributed by atoms with Crippen LogP contribution in [0.1, 0.15) is 35.2 Å². The predicted molar refractivity (Wildman–Crippen MR) is 132 cm³/mol. The summed E-state index contributed by atoms with van der Waals surface area (Å²) in [6, 6.07) is 25.1. The van der Waals surface area contributed by atoms with Gasteiger partial charge < -0.3 is 14.9 Å². The molecule has 2 aliphatic carbocycles. The van der Waals surface area contributed by atoms with Crippen molar-refractivity contribution in [2.24, 2.45) is 0 Å². The van der Waals surface area contributed by atoms with E-state index < -0.39 is 11.4 Å². The van der Waals surface area contributed by atoms with Crippen molar-refractivity contribution >= 4 is 11.7 Å². The lowest BCUT2D eigenvalue weighted by Crippen LogP contribution is -2.20. The zero-order valence-corrected chi connectivity index (χ0v) is 19.0. The van der Waals surface area contributed by atoms with Crippen molar-refractivity contribution in [1.82, 2.24) is 5.16 Å². The molecule has 0 spiro atoms. The van der Waals surface area contributed by atoms with Crippen LogP contribution in [-0.4, -0.2) is 22.3 Å². The number of aryl methyl sites for hydroxylation is 1. The molecule has 3 aromatic carbocycles. The molecule has 4 aromatic rings. The highest BCUT2D eigenvalue weighted by atomic mass is 16.5. The van der Waals surface area contributed by atoms with Crippen LogP contribution in [0.5, 0.6) is 0 Å². The number of hydrogen-bond acceptors (Lipinski definition) is 4. The molecular weight excluding hydrogens is 424 g/mol. The van der Waals surface area contributed by atoms with Crippen LogP contribution >= 0.6 is 0 Å². The van der Waals surface area contributed by atoms with Crippen molar-refractivity contribution in [3.63, 3.8) is 0 Å². The molecule has 170 valence electrons. The molecule has 0 amide bonds. The number of aromatic nitrogens is 1. The van der Waals surface area contributed by atoms with Gasteiger partial charge in [-0.25, -0.2) is 0 Å². The molecule has 1 aromatic heterocycles. The van der Waals surface area contributed by atoms with Crippen LogP contribution < -0.4 is 5.32 Å². The minimum atomic E-state index is -0.724. The molecule has 0 bridgehead atoms. The van der Waals surface area contributed by atoms with Crippen LogP contribution in [-0.2, 0) is 23.1 Å². The number of benzene rings is 3. The Kier molecular flexibility index (Phi) is 4.80. The third-order valence-electron chi connectivity index (χ3n) is 7.34. The lowest BCUT2D eigenvalue weighted by molar-refractivity contribution is -0.140. The van der Waals surface area contributed by atoms with E-state index >= 15 is 0 Å². The summed E-state index contributed by atoms with van der Waals surface area (Å²) in [4.78, 5) is 11.6. The zero-order valence-electron chi connectivity index (χ0n) is 19.0. The predicted octanol–water partition coefficient (Wildman–Crippen LogP) is 6.01. The number of nitrogens with one attached hydrogen (secondary N) is 1. The van der Waals surface area contributed by atoms with Crippen molar-refractivity contribution in [2.75, 3.05) is 5.32 Å². The van der Waals surface area contributed by atoms with Crippen molar-refractivity contribution < 1.29 is 14.4 Å². The van der Waals surface area contributed by atoms with E-state index in [9.17, 15) is 9.90 Å². The fraction of sp³-hybridized carbons (Fsp3) is 0.241. The molecule has 0 unspecified atom stereocenters. The number of rotatable bonds is 6. The maximum atomic E-state index is 11.6. The van der Waals surface area contributed by atoms with Gasteiger partial charge in [-0.15, -0.1) is 0 Å². The van der Waals surface area contributed by atoms with E-state index in [1.54, 1.807) is 0 Å². The summed E-state index contributed by atoms with van der Waals surface area (Å²) in [5.41, 5.74) is 7.96. The lowest BCUT2D eigenvalue weighted by atomic mass is 9.93. The largest absolute Gasteiger partial charge is 0.481 e. The molecule has 34 heavy (non-hydrogen) atoms. The Morgan fingerprint density at radius 1 is 0.912 bits per heavy atom. The number of aliphatic carboxylic acids is 1. The number of carbonyl (C=O) groups is 1. The standard InChI is InChI=1S/C29H26N2O3/c1-18-26(30-25-16-22-4-2-3-5-23(22)17-25)27(34-31-18)21-8-6-19(7-9-21)20-10-12-24(13-11-20)29(14-15-29)28(32)33/h2-13,25,30H,14-17H2,1H3,(H,32,33). The molecule has 6 rings (SSSR count). The molecule has 0 atom stereocenters. The highest BCUT2D eigenvalue weighted by molar-refractivity contribution is 5.85. The fourth-order valence-corrected chi connectivity index (χ4v) is 5.15. The molecule has 2 N–H and O–H groups in total. The minimum Gasteiger partial charge on any atom is -0.481 e. The van der Waals surface area contributed by atoms with E-state index in [0.717, 1.165) is 65.1 Å². The summed E-state index contributed by atoms with van der Waals surface area (Å²) in [6.07, 6.45) is 3.43. The third kappa shape index (κ3) is 3.48. The van der Waals surface area contributed by atoms with E-state index in [1.807, 2.05) is 31.2 Å². The van der Waals surface area contributed by atoms with Crippen LogP contribution in [0.2, 0.25) is 0 Å². The monoisotopic (exact) mass is 450 g/mol. The molecule has 0 radical (unpaired) electrons. The van der Waals surface area contributed by atoms with Gasteiger partial charge in [0.1, 0.15) is 11.4 Å². The molecule has 1 fully saturated rings. The van der Waals surface area contributed by atoms with E-state index in [2.05, 4.69) is 59.0 Å². The Balaban J connectivity index is 1.21. The summed E-state index contributed by atoms with van der Waals surface area (Å²) in [5.74, 6) is 0.0327. The highest BCUT2D eigenvalue weighted by Crippen LogP contribution is 2.48. The average Bonchev–Trinajstić information content (AvgIpc) is 3.46. The Morgan fingerprint density at radius 2 is 1.47 bits per heavy atom. The second-order valence-electron chi connectivity index (χ2n) is 9.53. The van der Waals surface area contributed by atoms with Crippen LogP contribution in [0, 0.1) is 6.92 Å². The van der Waals surface area contributed by atoms with Crippen LogP contribution in [0.4, 0.5) is 5.69 Å². The topological polar surface area (TPSA) is 75.4 Å². The first-order chi connectivity index (χ1) is 16.5. The van der Waals surface area contributed by atoms with E-state index in [4.69, 9.17) is 4.52 Å². The van der Waals surface area contributed by atoms with Gasteiger partial charge in [0.05, 0.1) is 5.41 Å². The summed E-state index contributed by atoms with van der Waals surface area (Å²) in [7, 11) is 0. The molecule has 5 heteroatoms. The molecular formula is C29H26N2O3. The maximum Gasteiger partial charge on any atom is 0.314 e. The van der Waals surface area contributed by atoms with Crippen molar-refractivity contribution in [3.8, 4) is 22.5 Å². The van der Waals surface area contributed by atoms with Gasteiger partial charge in [-0.2, -0.15) is 0 Å². The Morgan fingerprint density at radius 3 is 2.03 bits per heavy atom. The lowest BCUT2D eigenvalue weighted by Gasteiger charge is -2.14. The molecule has 0 saturated heterocycles. The van der Waals surface area contributed by atoms with Crippen molar-refractivity contribution in [1.29, 1.82) is 0 Å². The SMILES string of the molecule is Cc1noc(-c2ccc(-c3ccc(C4(C(=O)O)CC4)cc3)cc2)c1NC1Cc2ccccc2C1. The van der Waals surface area contributed by atoms with E-state index in [0.29, 0.717) is 6.04 Å². The molecule has 2 aliphatic rings. The number of carboxylic acids is 1. The number of hydrogen-bond donors (Lipinski definition) is 2. The van der Waals surface area contributed by atoms with Gasteiger partial charge in [-0.1, -0.05) is 78.0 Å². The van der Waals surface area contributed by atoms with Gasteiger partial charge in [0.15, 0.2) is 5.76 Å². The number of fused-ring (bicyclic) bond motifs is 1. The van der Waals surface area contributed by atoms with Crippen LogP contribution in [0.15, 0.2) is 77.3 Å². The quantitative estimate of drug-likeness (QED) is 0.376. The Labute approximate surface area is 198 Å². The first-order valence-electron chi connectivity index (χ1n) is 11.8. The highest BCUT2D eigenvalue weighted by Gasteiger charge is 2.51. The molecule has 1 heterocycles. The number of carboxylic acid groups (broad SMARTS) is 1. The van der Waals surface area contributed by atoms with Gasteiger partial charge in [0.2, 0.25) is 0 Å². The van der Waals surface area contributed by atoms with Crippen molar-refractivity contribution in [2.45, 2.75) is 44.1 Å². The van der Waals surface area contributed by atoms with Gasteiger partial charge in [0.25, 0.3) is 0 Å². The molecule has 0 aliphatic heterocycles. The third-order valence-corrected chi connectivity index (χ3v) is 7.34. The normalized spacial score (nSPS) is 16.3. The van der Waals surface area contributed by atoms with Crippen LogP contribution in [0.3, 0.4) is 0 Å². The summed E-state index contributed by atoms with van der Waals surface area (Å²) in [5, 5.41) is 17.4. The maximum absolute atomic E-state index is 11.6. The minimum absolute atomic E-state index is 0.326. The summed E-state index contributed by atoms with van der Waals surface area (Å²) < 4.78 is 5.73. The van der Waals surface area contributed by atoms with Gasteiger partial charge in [0, 0.05) is 11.6 Å². The van der Waals surface area contributed by atoms with Gasteiger partial charge in [-0.3, -0.25) is 4.79 Å². The Bertz CT molecular complexity index is 1340. The van der Waals surface area contributed by atoms with Crippen LogP contribution in [0.25, 0.3) is 22.5 Å². The van der Waals surface area contributed by atoms with E-state index in [1.165, 1.54) is 11.1 Å². The first kappa shape index (κ1) is 20.7. The summed E-state index contributed by atoms with van der Waals surface area (Å²) >= 11 is 0. The van der Waals surface area contributed by atoms with Crippen molar-refractivity contribution in [3.05, 3.63) is 95.2 Å². The molecule has 5 nitrogen and oxygen atoms in total. The smallest absolute Gasteiger partial charge is 0.314 e. The van der Waals surface area contributed by atoms with E-state index in [-0.39, 0.29) is 0 Å². The zero-order chi connectivity index (χ0) is 23.3. The fourth-order valence-electron chi connectivity index (χ4n) is 5.15. The number of nitrogens with zero attached hydrogens (tertiary/aromatic N) is 1. The summed E-state index contributed by atoms with van der Waals surface area (Å²) in [6.45, 7) is 1.97. The van der Waals surface area contributed by atoms with Gasteiger partial charge >= 0.3 is 5.97 Å². The first-order valence-corrected chi connectivity index (χ1v) is 11.8.